The fourth-order valence-electron chi connectivity index (χ4n) is 0.386. The van der Waals surface area contributed by atoms with Gasteiger partial charge in [-0.15, -0.1) is 0 Å². The van der Waals surface area contributed by atoms with Gasteiger partial charge in [-0.05, 0) is 0 Å². The molecule has 0 aliphatic carbocycles. The van der Waals surface area contributed by atoms with E-state index in [1.807, 2.05) is 0 Å². The molecule has 0 aliphatic rings. The van der Waals surface area contributed by atoms with Crippen LogP contribution in [0.2, 0.25) is 0 Å². The molecule has 0 spiro atoms. The van der Waals surface area contributed by atoms with E-state index in [1.165, 1.54) is 0 Å². The van der Waals surface area contributed by atoms with E-state index in [0.717, 1.165) is 0 Å². The summed E-state index contributed by atoms with van der Waals surface area (Å²) in [7, 11) is 0. The molecule has 0 saturated carbocycles. The summed E-state index contributed by atoms with van der Waals surface area (Å²) >= 11 is 0. The molecule has 5 heteroatoms. The lowest BCUT2D eigenvalue weighted by Crippen LogP contribution is -2.39. The van der Waals surface area contributed by atoms with Gasteiger partial charge in [0.15, 0.2) is 11.7 Å². The molecule has 6 N–H and O–H groups in total. The van der Waals surface area contributed by atoms with Crippen LogP contribution in [0, 0.1) is 0 Å². The Balaban J connectivity index is 4.14. The molecule has 0 amide bonds. The van der Waals surface area contributed by atoms with Gasteiger partial charge in [0.25, 0.3) is 0 Å². The van der Waals surface area contributed by atoms with E-state index in [1.54, 1.807) is 13.8 Å². The van der Waals surface area contributed by atoms with Gasteiger partial charge in [0.1, 0.15) is 0 Å². The molecule has 0 aliphatic heterocycles. The zero-order valence-electron chi connectivity index (χ0n) is 6.13. The Labute approximate surface area is 59.4 Å². The number of nitrogens with zero attached hydrogens (tertiary/aromatic N) is 2. The molecule has 0 saturated heterocycles. The molecule has 0 unspecified atom stereocenters. The normalized spacial score (nSPS) is 13.4. The molecular weight excluding hydrogens is 130 g/mol. The van der Waals surface area contributed by atoms with Crippen LogP contribution in [-0.4, -0.2) is 17.6 Å². The number of hydrogen-bond acceptors (Lipinski definition) is 0. The highest BCUT2D eigenvalue weighted by Crippen LogP contribution is 1.74. The first-order valence-corrected chi connectivity index (χ1v) is 2.76. The van der Waals surface area contributed by atoms with Gasteiger partial charge in [0, 0.05) is 13.8 Å². The van der Waals surface area contributed by atoms with Crippen molar-refractivity contribution < 1.29 is 5.41 Å². The van der Waals surface area contributed by atoms with Crippen LogP contribution in [0.15, 0.2) is 9.98 Å². The summed E-state index contributed by atoms with van der Waals surface area (Å²) in [5.41, 5.74) is 10.4. The van der Waals surface area contributed by atoms with Crippen molar-refractivity contribution in [1.82, 2.24) is 0 Å². The highest BCUT2D eigenvalue weighted by Gasteiger charge is 2.00. The molecule has 0 rings (SSSR count). The monoisotopic (exact) mass is 142 g/mol. The highest BCUT2D eigenvalue weighted by atomic mass is 15.1. The predicted molar refractivity (Wildman–Crippen MR) is 41.5 cm³/mol. The second-order valence-electron chi connectivity index (χ2n) is 1.86. The van der Waals surface area contributed by atoms with Gasteiger partial charge in [-0.3, -0.25) is 5.41 Å². The minimum absolute atomic E-state index is 0.0833. The number of guanidine groups is 1. The minimum Gasteiger partial charge on any atom is -0.374 e. The van der Waals surface area contributed by atoms with E-state index in [2.05, 4.69) is 9.98 Å². The van der Waals surface area contributed by atoms with Crippen LogP contribution in [0.3, 0.4) is 0 Å². The third kappa shape index (κ3) is 4.76. The maximum Gasteiger partial charge on any atom is 0.427 e. The van der Waals surface area contributed by atoms with Crippen LogP contribution < -0.4 is 16.9 Å². The summed E-state index contributed by atoms with van der Waals surface area (Å²) in [6, 6.07) is 0. The van der Waals surface area contributed by atoms with E-state index in [-0.39, 0.29) is 5.96 Å². The molecule has 0 bridgehead atoms. The second-order valence-corrected chi connectivity index (χ2v) is 1.86. The Morgan fingerprint density at radius 1 is 1.10 bits per heavy atom. The molecule has 0 heterocycles. The first kappa shape index (κ1) is 8.61. The average Bonchev–Trinajstić information content (AvgIpc) is 1.58. The number of rotatable bonds is 0. The third-order valence-corrected chi connectivity index (χ3v) is 0.582. The number of nitrogens with two attached hydrogens (primary N) is 3. The van der Waals surface area contributed by atoms with Crippen LogP contribution in [0.1, 0.15) is 13.8 Å². The Hall–Kier alpha value is -1.39. The number of aliphatic imine (C=N–C) groups is 2. The van der Waals surface area contributed by atoms with Crippen molar-refractivity contribution in [2.24, 2.45) is 21.5 Å². The van der Waals surface area contributed by atoms with Crippen molar-refractivity contribution in [1.29, 1.82) is 0 Å². The zero-order valence-corrected chi connectivity index (χ0v) is 6.13. The summed E-state index contributed by atoms with van der Waals surface area (Å²) in [5.74, 6) is 0.810. The van der Waals surface area contributed by atoms with Gasteiger partial charge in [-0.1, -0.05) is 9.98 Å². The number of amidine groups is 2. The van der Waals surface area contributed by atoms with Crippen molar-refractivity contribution in [2.45, 2.75) is 13.8 Å². The smallest absolute Gasteiger partial charge is 0.374 e. The van der Waals surface area contributed by atoms with E-state index in [0.29, 0.717) is 11.7 Å². The van der Waals surface area contributed by atoms with Gasteiger partial charge in [-0.25, -0.2) is 0 Å². The van der Waals surface area contributed by atoms with Crippen LogP contribution >= 0.6 is 0 Å². The highest BCUT2D eigenvalue weighted by molar-refractivity contribution is 5.97. The SMILES string of the molecule is C/C(N)=N/C(=[NH2+])/N=C(\C)N. The lowest BCUT2D eigenvalue weighted by Gasteiger charge is -1.80. The summed E-state index contributed by atoms with van der Waals surface area (Å²) in [6.45, 7) is 3.24. The molecular formula is C5H12N5+. The van der Waals surface area contributed by atoms with Crippen molar-refractivity contribution >= 4 is 17.6 Å². The van der Waals surface area contributed by atoms with Gasteiger partial charge >= 0.3 is 5.96 Å². The Kier molecular flexibility index (Phi) is 3.10. The zero-order chi connectivity index (χ0) is 8.15. The maximum atomic E-state index is 5.26. The second kappa shape index (κ2) is 3.60. The van der Waals surface area contributed by atoms with Crippen LogP contribution in [-0.2, 0) is 0 Å². The van der Waals surface area contributed by atoms with E-state index < -0.39 is 0 Å². The third-order valence-electron chi connectivity index (χ3n) is 0.582. The van der Waals surface area contributed by atoms with E-state index >= 15 is 0 Å². The lowest BCUT2D eigenvalue weighted by molar-refractivity contribution is -0.116. The molecule has 0 radical (unpaired) electrons. The molecule has 56 valence electrons. The average molecular weight is 142 g/mol. The lowest BCUT2D eigenvalue weighted by atomic mass is 10.7. The minimum atomic E-state index is 0.0833. The Morgan fingerprint density at radius 2 is 1.40 bits per heavy atom. The fraction of sp³-hybridized carbons (Fsp3) is 0.400. The van der Waals surface area contributed by atoms with Crippen LogP contribution in [0.4, 0.5) is 0 Å². The van der Waals surface area contributed by atoms with Crippen LogP contribution in [0.5, 0.6) is 0 Å². The van der Waals surface area contributed by atoms with Crippen molar-refractivity contribution in [2.75, 3.05) is 0 Å². The number of hydrogen-bond donors (Lipinski definition) is 3. The summed E-state index contributed by atoms with van der Waals surface area (Å²) < 4.78 is 0. The molecule has 0 aromatic heterocycles. The molecule has 0 atom stereocenters. The van der Waals surface area contributed by atoms with E-state index in [9.17, 15) is 0 Å². The van der Waals surface area contributed by atoms with Gasteiger partial charge < -0.3 is 11.5 Å². The fourth-order valence-corrected chi connectivity index (χ4v) is 0.386. The molecule has 0 fully saturated rings. The van der Waals surface area contributed by atoms with Gasteiger partial charge in [-0.2, -0.15) is 0 Å². The quantitative estimate of drug-likeness (QED) is 0.265. The standard InChI is InChI=1S/C5H11N5/c1-3(6)9-5(8)10-4(2)7/h1-2H3,(H5,6,7,8,9,10)/p+1. The summed E-state index contributed by atoms with van der Waals surface area (Å²) in [5, 5.41) is 5.26. The van der Waals surface area contributed by atoms with Crippen molar-refractivity contribution in [3.05, 3.63) is 0 Å². The predicted octanol–water partition coefficient (Wildman–Crippen LogP) is -2.14. The first-order valence-electron chi connectivity index (χ1n) is 2.76. The molecule has 0 aromatic rings. The summed E-state index contributed by atoms with van der Waals surface area (Å²) in [6.07, 6.45) is 0. The largest absolute Gasteiger partial charge is 0.427 e. The molecule has 10 heavy (non-hydrogen) atoms. The van der Waals surface area contributed by atoms with Crippen molar-refractivity contribution in [3.63, 3.8) is 0 Å². The van der Waals surface area contributed by atoms with Gasteiger partial charge in [0.2, 0.25) is 0 Å². The maximum absolute atomic E-state index is 5.26. The Morgan fingerprint density at radius 3 is 1.60 bits per heavy atom. The van der Waals surface area contributed by atoms with Crippen molar-refractivity contribution in [3.8, 4) is 0 Å². The Bertz CT molecular complexity index is 162. The summed E-state index contributed by atoms with van der Waals surface area (Å²) in [4.78, 5) is 7.28. The van der Waals surface area contributed by atoms with Gasteiger partial charge in [0.05, 0.1) is 0 Å². The van der Waals surface area contributed by atoms with Crippen LogP contribution in [0.25, 0.3) is 0 Å². The molecule has 5 nitrogen and oxygen atoms in total. The molecule has 0 aromatic carbocycles. The van der Waals surface area contributed by atoms with E-state index in [4.69, 9.17) is 16.9 Å². The topological polar surface area (TPSA) is 102 Å². The first-order chi connectivity index (χ1) is 4.52.